The third-order valence-electron chi connectivity index (χ3n) is 2.95. The highest BCUT2D eigenvalue weighted by molar-refractivity contribution is 6.32. The van der Waals surface area contributed by atoms with Crippen LogP contribution in [-0.2, 0) is 18.0 Å². The summed E-state index contributed by atoms with van der Waals surface area (Å²) >= 11 is 6.15. The third-order valence-corrected chi connectivity index (χ3v) is 3.23. The van der Waals surface area contributed by atoms with Crippen molar-refractivity contribution in [2.45, 2.75) is 13.2 Å². The molecule has 2 aromatic carbocycles. The minimum Gasteiger partial charge on any atom is -0.493 e. The first-order valence-corrected chi connectivity index (χ1v) is 6.91. The molecule has 0 spiro atoms. The number of hydrogen-bond acceptors (Lipinski definition) is 4. The van der Waals surface area contributed by atoms with Crippen LogP contribution in [0, 0.1) is 0 Å². The van der Waals surface area contributed by atoms with E-state index in [0.717, 1.165) is 11.1 Å². The molecule has 1 N–H and O–H groups in total. The second kappa shape index (κ2) is 7.88. The Labute approximate surface area is 129 Å². The standard InChI is InChI=1S/C16H18ClNO3/c1-19-15-9-13(8-14(17)16(15)20-2)10-18-21-11-12-6-4-3-5-7-12/h3-9,18H,10-11H2,1-2H3. The summed E-state index contributed by atoms with van der Waals surface area (Å²) in [4.78, 5) is 5.43. The number of benzene rings is 2. The minimum absolute atomic E-state index is 0.502. The lowest BCUT2D eigenvalue weighted by molar-refractivity contribution is 0.0235. The first-order valence-electron chi connectivity index (χ1n) is 6.53. The van der Waals surface area contributed by atoms with Crippen LogP contribution in [0.4, 0.5) is 0 Å². The van der Waals surface area contributed by atoms with Crippen molar-refractivity contribution < 1.29 is 14.3 Å². The van der Waals surface area contributed by atoms with Crippen molar-refractivity contribution >= 4 is 11.6 Å². The SMILES string of the molecule is COc1cc(CNOCc2ccccc2)cc(Cl)c1OC. The fourth-order valence-corrected chi connectivity index (χ4v) is 2.23. The maximum Gasteiger partial charge on any atom is 0.179 e. The number of hydroxylamine groups is 1. The van der Waals surface area contributed by atoms with Gasteiger partial charge in [-0.2, -0.15) is 5.48 Å². The normalized spacial score (nSPS) is 10.4. The van der Waals surface area contributed by atoms with Crippen molar-refractivity contribution in [2.24, 2.45) is 0 Å². The molecule has 0 radical (unpaired) electrons. The molecule has 0 aliphatic rings. The van der Waals surface area contributed by atoms with Gasteiger partial charge in [0.1, 0.15) is 0 Å². The van der Waals surface area contributed by atoms with Crippen LogP contribution in [0.25, 0.3) is 0 Å². The quantitative estimate of drug-likeness (QED) is 0.627. The van der Waals surface area contributed by atoms with Crippen molar-refractivity contribution in [1.82, 2.24) is 5.48 Å². The van der Waals surface area contributed by atoms with Gasteiger partial charge >= 0.3 is 0 Å². The molecule has 0 aromatic heterocycles. The number of hydrogen-bond donors (Lipinski definition) is 1. The van der Waals surface area contributed by atoms with Crippen molar-refractivity contribution in [3.63, 3.8) is 0 Å². The Kier molecular flexibility index (Phi) is 5.87. The molecule has 0 bridgehead atoms. The molecule has 0 saturated heterocycles. The Morgan fingerprint density at radius 2 is 1.76 bits per heavy atom. The van der Waals surface area contributed by atoms with Gasteiger partial charge in [0.05, 0.1) is 25.8 Å². The molecule has 0 unspecified atom stereocenters. The number of halogens is 1. The van der Waals surface area contributed by atoms with Crippen molar-refractivity contribution in [3.05, 3.63) is 58.6 Å². The molecule has 2 rings (SSSR count). The van der Waals surface area contributed by atoms with Gasteiger partial charge in [0, 0.05) is 6.54 Å². The Morgan fingerprint density at radius 1 is 1.00 bits per heavy atom. The van der Waals surface area contributed by atoms with Gasteiger partial charge in [0.25, 0.3) is 0 Å². The molecule has 0 atom stereocenters. The Hall–Kier alpha value is -1.75. The van der Waals surface area contributed by atoms with E-state index in [1.165, 1.54) is 0 Å². The molecule has 4 nitrogen and oxygen atoms in total. The van der Waals surface area contributed by atoms with Crippen LogP contribution < -0.4 is 15.0 Å². The van der Waals surface area contributed by atoms with Gasteiger partial charge in [0.2, 0.25) is 0 Å². The molecule has 0 saturated carbocycles. The maximum atomic E-state index is 6.15. The summed E-state index contributed by atoms with van der Waals surface area (Å²) in [7, 11) is 3.14. The fourth-order valence-electron chi connectivity index (χ4n) is 1.92. The second-order valence-corrected chi connectivity index (χ2v) is 4.82. The molecule has 2 aromatic rings. The van der Waals surface area contributed by atoms with Crippen molar-refractivity contribution in [1.29, 1.82) is 0 Å². The maximum absolute atomic E-state index is 6.15. The zero-order valence-corrected chi connectivity index (χ0v) is 12.8. The number of methoxy groups -OCH3 is 2. The first kappa shape index (κ1) is 15.6. The van der Waals surface area contributed by atoms with Gasteiger partial charge in [0.15, 0.2) is 11.5 Å². The topological polar surface area (TPSA) is 39.7 Å². The van der Waals surface area contributed by atoms with Crippen LogP contribution in [0.1, 0.15) is 11.1 Å². The van der Waals surface area contributed by atoms with E-state index in [1.54, 1.807) is 14.2 Å². The van der Waals surface area contributed by atoms with Gasteiger partial charge in [-0.05, 0) is 23.3 Å². The lowest BCUT2D eigenvalue weighted by atomic mass is 10.2. The van der Waals surface area contributed by atoms with Gasteiger partial charge in [-0.3, -0.25) is 4.84 Å². The average Bonchev–Trinajstić information content (AvgIpc) is 2.52. The van der Waals surface area contributed by atoms with E-state index in [0.29, 0.717) is 29.7 Å². The van der Waals surface area contributed by atoms with Crippen molar-refractivity contribution in [3.8, 4) is 11.5 Å². The Morgan fingerprint density at radius 3 is 2.43 bits per heavy atom. The first-order chi connectivity index (χ1) is 10.2. The van der Waals surface area contributed by atoms with E-state index < -0.39 is 0 Å². The molecule has 0 aliphatic heterocycles. The van der Waals surface area contributed by atoms with Crippen LogP contribution in [0.3, 0.4) is 0 Å². The molecule has 0 fully saturated rings. The van der Waals surface area contributed by atoms with Crippen LogP contribution in [0.2, 0.25) is 5.02 Å². The van der Waals surface area contributed by atoms with E-state index >= 15 is 0 Å². The summed E-state index contributed by atoms with van der Waals surface area (Å²) in [5.41, 5.74) is 4.97. The summed E-state index contributed by atoms with van der Waals surface area (Å²) in [6.45, 7) is 1.02. The van der Waals surface area contributed by atoms with Crippen LogP contribution in [-0.4, -0.2) is 14.2 Å². The molecule has 0 amide bonds. The summed E-state index contributed by atoms with van der Waals surface area (Å²) in [5, 5.41) is 0.511. The lowest BCUT2D eigenvalue weighted by Gasteiger charge is -2.12. The molecular weight excluding hydrogens is 290 g/mol. The zero-order chi connectivity index (χ0) is 15.1. The largest absolute Gasteiger partial charge is 0.493 e. The molecular formula is C16H18ClNO3. The smallest absolute Gasteiger partial charge is 0.179 e. The predicted octanol–water partition coefficient (Wildman–Crippen LogP) is 3.58. The Balaban J connectivity index is 1.90. The average molecular weight is 308 g/mol. The monoisotopic (exact) mass is 307 g/mol. The van der Waals surface area contributed by atoms with E-state index in [-0.39, 0.29) is 0 Å². The minimum atomic E-state index is 0.502. The van der Waals surface area contributed by atoms with E-state index in [2.05, 4.69) is 5.48 Å². The van der Waals surface area contributed by atoms with Gasteiger partial charge in [-0.1, -0.05) is 41.9 Å². The van der Waals surface area contributed by atoms with E-state index in [4.69, 9.17) is 25.9 Å². The highest BCUT2D eigenvalue weighted by Crippen LogP contribution is 2.35. The predicted molar refractivity (Wildman–Crippen MR) is 82.6 cm³/mol. The molecule has 0 heterocycles. The van der Waals surface area contributed by atoms with Crippen LogP contribution in [0.5, 0.6) is 11.5 Å². The van der Waals surface area contributed by atoms with Gasteiger partial charge in [-0.15, -0.1) is 0 Å². The number of nitrogens with one attached hydrogen (secondary N) is 1. The van der Waals surface area contributed by atoms with E-state index in [1.807, 2.05) is 42.5 Å². The summed E-state index contributed by atoms with van der Waals surface area (Å²) in [6.07, 6.45) is 0. The van der Waals surface area contributed by atoms with Crippen molar-refractivity contribution in [2.75, 3.05) is 14.2 Å². The molecule has 0 aliphatic carbocycles. The molecule has 5 heteroatoms. The van der Waals surface area contributed by atoms with Crippen LogP contribution in [0.15, 0.2) is 42.5 Å². The highest BCUT2D eigenvalue weighted by atomic mass is 35.5. The molecule has 21 heavy (non-hydrogen) atoms. The van der Waals surface area contributed by atoms with E-state index in [9.17, 15) is 0 Å². The second-order valence-electron chi connectivity index (χ2n) is 4.41. The van der Waals surface area contributed by atoms with Gasteiger partial charge < -0.3 is 9.47 Å². The van der Waals surface area contributed by atoms with Crippen LogP contribution >= 0.6 is 11.6 Å². The summed E-state index contributed by atoms with van der Waals surface area (Å²) in [6, 6.07) is 13.6. The third kappa shape index (κ3) is 4.36. The zero-order valence-electron chi connectivity index (χ0n) is 12.1. The summed E-state index contributed by atoms with van der Waals surface area (Å²) < 4.78 is 10.5. The Bertz CT molecular complexity index is 575. The summed E-state index contributed by atoms with van der Waals surface area (Å²) in [5.74, 6) is 1.14. The lowest BCUT2D eigenvalue weighted by Crippen LogP contribution is -2.14. The number of rotatable bonds is 7. The van der Waals surface area contributed by atoms with Gasteiger partial charge in [-0.25, -0.2) is 0 Å². The number of ether oxygens (including phenoxy) is 2. The molecule has 112 valence electrons. The highest BCUT2D eigenvalue weighted by Gasteiger charge is 2.10. The fraction of sp³-hybridized carbons (Fsp3) is 0.250.